The molecule has 1 amide bonds. The molecule has 5 nitrogen and oxygen atoms in total. The quantitative estimate of drug-likeness (QED) is 0.664. The number of ether oxygens (including phenoxy) is 1. The van der Waals surface area contributed by atoms with Crippen LogP contribution in [0, 0.1) is 5.92 Å². The maximum absolute atomic E-state index is 12.1. The lowest BCUT2D eigenvalue weighted by molar-refractivity contribution is -0.122. The minimum atomic E-state index is 0.0476. The molecule has 1 unspecified atom stereocenters. The minimum Gasteiger partial charge on any atom is -0.381 e. The molecule has 0 aliphatic carbocycles. The van der Waals surface area contributed by atoms with E-state index in [1.165, 1.54) is 0 Å². The van der Waals surface area contributed by atoms with E-state index in [-0.39, 0.29) is 11.8 Å². The summed E-state index contributed by atoms with van der Waals surface area (Å²) in [6, 6.07) is 1.89. The monoisotopic (exact) mass is 207 g/mol. The van der Waals surface area contributed by atoms with E-state index < -0.39 is 0 Å². The first-order valence-electron chi connectivity index (χ1n) is 5.27. The third-order valence-corrected chi connectivity index (χ3v) is 3.05. The highest BCUT2D eigenvalue weighted by molar-refractivity contribution is 5.95. The van der Waals surface area contributed by atoms with E-state index in [0.29, 0.717) is 13.2 Å². The molecule has 1 aromatic rings. The Morgan fingerprint density at radius 2 is 2.47 bits per heavy atom. The molecule has 0 N–H and O–H groups in total. The molecule has 0 aromatic carbocycles. The Labute approximate surface area is 87.6 Å². The van der Waals surface area contributed by atoms with Crippen molar-refractivity contribution in [2.24, 2.45) is 5.92 Å². The van der Waals surface area contributed by atoms with Gasteiger partial charge in [0.1, 0.15) is 5.82 Å². The van der Waals surface area contributed by atoms with Crippen molar-refractivity contribution in [2.75, 3.05) is 24.7 Å². The minimum absolute atomic E-state index is 0.0476. The highest BCUT2D eigenvalue weighted by Gasteiger charge is 2.32. The first-order chi connectivity index (χ1) is 7.36. The molecule has 2 aliphatic rings. The van der Waals surface area contributed by atoms with Crippen LogP contribution in [-0.2, 0) is 16.1 Å². The average Bonchev–Trinajstić information content (AvgIpc) is 2.94. The summed E-state index contributed by atoms with van der Waals surface area (Å²) >= 11 is 0. The number of aromatic nitrogens is 2. The van der Waals surface area contributed by atoms with Crippen LogP contribution in [0.4, 0.5) is 5.82 Å². The lowest BCUT2D eigenvalue weighted by Crippen LogP contribution is -2.35. The molecule has 0 spiro atoms. The number of carbonyl (C=O) groups is 1. The van der Waals surface area contributed by atoms with Gasteiger partial charge in [0, 0.05) is 19.2 Å². The molecule has 0 radical (unpaired) electrons. The first kappa shape index (κ1) is 8.91. The summed E-state index contributed by atoms with van der Waals surface area (Å²) in [6.45, 7) is 2.84. The van der Waals surface area contributed by atoms with E-state index in [1.807, 2.05) is 15.6 Å². The highest BCUT2D eigenvalue weighted by atomic mass is 16.5. The Bertz CT molecular complexity index is 382. The van der Waals surface area contributed by atoms with E-state index in [0.717, 1.165) is 25.3 Å². The van der Waals surface area contributed by atoms with Gasteiger partial charge >= 0.3 is 0 Å². The summed E-state index contributed by atoms with van der Waals surface area (Å²) in [5, 5.41) is 4.15. The maximum atomic E-state index is 12.1. The van der Waals surface area contributed by atoms with E-state index in [4.69, 9.17) is 4.74 Å². The predicted octanol–water partition coefficient (Wildman–Crippen LogP) is 0.266. The number of carbonyl (C=O) groups excluding carboxylic acids is 1. The zero-order chi connectivity index (χ0) is 10.3. The zero-order valence-corrected chi connectivity index (χ0v) is 8.43. The molecule has 5 heteroatoms. The van der Waals surface area contributed by atoms with Crippen LogP contribution >= 0.6 is 0 Å². The summed E-state index contributed by atoms with van der Waals surface area (Å²) < 4.78 is 7.11. The third-order valence-electron chi connectivity index (χ3n) is 3.05. The topological polar surface area (TPSA) is 47.4 Å². The highest BCUT2D eigenvalue weighted by Crippen LogP contribution is 2.24. The van der Waals surface area contributed by atoms with Crippen LogP contribution < -0.4 is 4.90 Å². The fraction of sp³-hybridized carbons (Fsp3) is 0.600. The van der Waals surface area contributed by atoms with Gasteiger partial charge in [-0.15, -0.1) is 0 Å². The van der Waals surface area contributed by atoms with Crippen LogP contribution in [0.5, 0.6) is 0 Å². The molecule has 80 valence electrons. The normalized spacial score (nSPS) is 24.5. The van der Waals surface area contributed by atoms with Gasteiger partial charge < -0.3 is 4.74 Å². The molecule has 1 saturated heterocycles. The van der Waals surface area contributed by atoms with Gasteiger partial charge in [-0.2, -0.15) is 5.10 Å². The van der Waals surface area contributed by atoms with Crippen LogP contribution in [0.1, 0.15) is 6.42 Å². The van der Waals surface area contributed by atoms with E-state index in [9.17, 15) is 4.79 Å². The fourth-order valence-electron chi connectivity index (χ4n) is 2.21. The Kier molecular flexibility index (Phi) is 1.98. The molecular weight excluding hydrogens is 194 g/mol. The molecule has 1 fully saturated rings. The molecule has 3 heterocycles. The smallest absolute Gasteiger partial charge is 0.233 e. The van der Waals surface area contributed by atoms with E-state index in [1.54, 1.807) is 6.20 Å². The SMILES string of the molecule is O=C(C1CCOC1)N1CCn2nccc21. The van der Waals surface area contributed by atoms with Gasteiger partial charge in [0.25, 0.3) is 0 Å². The second kappa shape index (κ2) is 3.34. The number of hydrogen-bond donors (Lipinski definition) is 0. The van der Waals surface area contributed by atoms with Crippen LogP contribution in [0.15, 0.2) is 12.3 Å². The Hall–Kier alpha value is -1.36. The molecule has 0 bridgehead atoms. The lowest BCUT2D eigenvalue weighted by atomic mass is 10.1. The van der Waals surface area contributed by atoms with E-state index in [2.05, 4.69) is 5.10 Å². The maximum Gasteiger partial charge on any atom is 0.233 e. The largest absolute Gasteiger partial charge is 0.381 e. The molecule has 2 aliphatic heterocycles. The van der Waals surface area contributed by atoms with Crippen molar-refractivity contribution in [3.05, 3.63) is 12.3 Å². The number of fused-ring (bicyclic) bond motifs is 1. The predicted molar refractivity (Wildman–Crippen MR) is 53.5 cm³/mol. The van der Waals surface area contributed by atoms with E-state index >= 15 is 0 Å². The average molecular weight is 207 g/mol. The van der Waals surface area contributed by atoms with Gasteiger partial charge in [0.2, 0.25) is 5.91 Å². The van der Waals surface area contributed by atoms with Gasteiger partial charge in [-0.3, -0.25) is 9.69 Å². The molecular formula is C10H13N3O2. The molecule has 1 atom stereocenters. The first-order valence-corrected chi connectivity index (χ1v) is 5.27. The summed E-state index contributed by atoms with van der Waals surface area (Å²) in [7, 11) is 0. The number of nitrogens with zero attached hydrogens (tertiary/aromatic N) is 3. The van der Waals surface area contributed by atoms with Crippen LogP contribution in [0.25, 0.3) is 0 Å². The van der Waals surface area contributed by atoms with Gasteiger partial charge in [0.15, 0.2) is 0 Å². The van der Waals surface area contributed by atoms with Crippen LogP contribution in [0.2, 0.25) is 0 Å². The van der Waals surface area contributed by atoms with Crippen molar-refractivity contribution < 1.29 is 9.53 Å². The summed E-state index contributed by atoms with van der Waals surface area (Å²) in [5.74, 6) is 1.16. The second-order valence-electron chi connectivity index (χ2n) is 3.96. The molecule has 3 rings (SSSR count). The van der Waals surface area contributed by atoms with Gasteiger partial charge in [-0.1, -0.05) is 0 Å². The number of rotatable bonds is 1. The summed E-state index contributed by atoms with van der Waals surface area (Å²) in [5.41, 5.74) is 0. The number of hydrogen-bond acceptors (Lipinski definition) is 3. The Balaban J connectivity index is 1.81. The van der Waals surface area contributed by atoms with Crippen molar-refractivity contribution in [1.29, 1.82) is 0 Å². The van der Waals surface area contributed by atoms with Crippen molar-refractivity contribution in [2.45, 2.75) is 13.0 Å². The second-order valence-corrected chi connectivity index (χ2v) is 3.96. The zero-order valence-electron chi connectivity index (χ0n) is 8.43. The van der Waals surface area contributed by atoms with Gasteiger partial charge in [-0.25, -0.2) is 4.68 Å². The summed E-state index contributed by atoms with van der Waals surface area (Å²) in [6.07, 6.45) is 2.59. The van der Waals surface area contributed by atoms with Gasteiger partial charge in [0.05, 0.1) is 25.3 Å². The molecule has 1 aromatic heterocycles. The fourth-order valence-corrected chi connectivity index (χ4v) is 2.21. The lowest BCUT2D eigenvalue weighted by Gasteiger charge is -2.17. The summed E-state index contributed by atoms with van der Waals surface area (Å²) in [4.78, 5) is 13.9. The van der Waals surface area contributed by atoms with Crippen LogP contribution in [-0.4, -0.2) is 35.4 Å². The molecule has 15 heavy (non-hydrogen) atoms. The van der Waals surface area contributed by atoms with Crippen molar-refractivity contribution in [3.8, 4) is 0 Å². The van der Waals surface area contributed by atoms with Crippen molar-refractivity contribution in [3.63, 3.8) is 0 Å². The Morgan fingerprint density at radius 1 is 1.53 bits per heavy atom. The van der Waals surface area contributed by atoms with Crippen molar-refractivity contribution >= 4 is 11.7 Å². The Morgan fingerprint density at radius 3 is 3.27 bits per heavy atom. The number of anilines is 1. The third kappa shape index (κ3) is 1.34. The standard InChI is InChI=1S/C10H13N3O2/c14-10(8-2-6-15-7-8)12-4-5-13-9(12)1-3-11-13/h1,3,8H,2,4-7H2. The van der Waals surface area contributed by atoms with Crippen molar-refractivity contribution in [1.82, 2.24) is 9.78 Å². The van der Waals surface area contributed by atoms with Gasteiger partial charge in [-0.05, 0) is 6.42 Å². The molecule has 0 saturated carbocycles. The number of amides is 1. The van der Waals surface area contributed by atoms with Crippen LogP contribution in [0.3, 0.4) is 0 Å².